The molecular formula is C32H33N7O5S. The molecule has 1 aliphatic heterocycles. The second-order valence-corrected chi connectivity index (χ2v) is 12.5. The first-order chi connectivity index (χ1) is 21.5. The summed E-state index contributed by atoms with van der Waals surface area (Å²) in [4.78, 5) is 22.1. The minimum atomic E-state index is -3.85. The summed E-state index contributed by atoms with van der Waals surface area (Å²) in [6.07, 6.45) is 6.49. The number of fused-ring (bicyclic) bond motifs is 1. The molecule has 0 aliphatic carbocycles. The lowest BCUT2D eigenvalue weighted by atomic mass is 9.93. The molecule has 1 aromatic heterocycles. The van der Waals surface area contributed by atoms with Gasteiger partial charge in [-0.1, -0.05) is 42.5 Å². The van der Waals surface area contributed by atoms with Gasteiger partial charge in [0.05, 0.1) is 25.3 Å². The minimum Gasteiger partial charge on any atom is -0.493 e. The molecule has 4 N–H and O–H groups in total. The second-order valence-electron chi connectivity index (χ2n) is 10.4. The van der Waals surface area contributed by atoms with Crippen molar-refractivity contribution in [1.82, 2.24) is 19.3 Å². The number of methoxy groups -OCH3 is 2. The molecule has 13 heteroatoms. The van der Waals surface area contributed by atoms with Crippen molar-refractivity contribution < 1.29 is 22.7 Å². The summed E-state index contributed by atoms with van der Waals surface area (Å²) < 4.78 is 39.1. The number of carbonyl (C=O) groups excluding carboxylic acids is 1. The predicted molar refractivity (Wildman–Crippen MR) is 172 cm³/mol. The van der Waals surface area contributed by atoms with Gasteiger partial charge in [0.15, 0.2) is 11.5 Å². The van der Waals surface area contributed by atoms with Gasteiger partial charge in [0.2, 0.25) is 16.0 Å². The molecule has 1 unspecified atom stereocenters. The van der Waals surface area contributed by atoms with E-state index in [1.807, 2.05) is 30.3 Å². The van der Waals surface area contributed by atoms with E-state index < -0.39 is 22.0 Å². The summed E-state index contributed by atoms with van der Waals surface area (Å²) in [6.45, 7) is 0. The van der Waals surface area contributed by atoms with Crippen molar-refractivity contribution in [1.29, 1.82) is 0 Å². The van der Waals surface area contributed by atoms with Crippen molar-refractivity contribution in [3.8, 4) is 11.5 Å². The molecule has 1 aliphatic rings. The first-order valence-electron chi connectivity index (χ1n) is 13.8. The molecule has 0 fully saturated rings. The van der Waals surface area contributed by atoms with Crippen LogP contribution in [0.5, 0.6) is 11.5 Å². The Labute approximate surface area is 261 Å². The highest BCUT2D eigenvalue weighted by Gasteiger charge is 2.34. The van der Waals surface area contributed by atoms with Gasteiger partial charge < -0.3 is 20.9 Å². The largest absolute Gasteiger partial charge is 0.493 e. The number of aromatic nitrogens is 2. The quantitative estimate of drug-likeness (QED) is 0.264. The third kappa shape index (κ3) is 6.21. The van der Waals surface area contributed by atoms with Crippen molar-refractivity contribution in [2.45, 2.75) is 17.4 Å². The van der Waals surface area contributed by atoms with E-state index in [9.17, 15) is 13.2 Å². The maximum atomic E-state index is 13.9. The molecule has 2 heterocycles. The van der Waals surface area contributed by atoms with Crippen LogP contribution in [-0.4, -0.2) is 68.1 Å². The van der Waals surface area contributed by atoms with Crippen LogP contribution in [0.25, 0.3) is 6.08 Å². The molecule has 0 saturated carbocycles. The van der Waals surface area contributed by atoms with Crippen LogP contribution >= 0.6 is 0 Å². The summed E-state index contributed by atoms with van der Waals surface area (Å²) >= 11 is 0. The van der Waals surface area contributed by atoms with Gasteiger partial charge in [-0.3, -0.25) is 4.79 Å². The van der Waals surface area contributed by atoms with Crippen LogP contribution in [0.2, 0.25) is 0 Å². The maximum absolute atomic E-state index is 13.9. The van der Waals surface area contributed by atoms with E-state index in [0.29, 0.717) is 34.6 Å². The number of amides is 1. The number of nitrogen functional groups attached to an aromatic ring is 2. The number of nitrogens with two attached hydrogens (primary N) is 2. The van der Waals surface area contributed by atoms with Crippen LogP contribution in [0.4, 0.5) is 11.8 Å². The lowest BCUT2D eigenvalue weighted by Gasteiger charge is -2.33. The number of benzene rings is 3. The average Bonchev–Trinajstić information content (AvgIpc) is 3.03. The number of rotatable bonds is 9. The summed E-state index contributed by atoms with van der Waals surface area (Å²) in [5, 5.41) is 5.76. The number of hydrazone groups is 1. The molecule has 45 heavy (non-hydrogen) atoms. The van der Waals surface area contributed by atoms with E-state index >= 15 is 0 Å². The van der Waals surface area contributed by atoms with E-state index in [-0.39, 0.29) is 16.7 Å². The Morgan fingerprint density at radius 1 is 1.02 bits per heavy atom. The molecule has 0 saturated heterocycles. The molecular weight excluding hydrogens is 594 g/mol. The highest BCUT2D eigenvalue weighted by atomic mass is 32.2. The van der Waals surface area contributed by atoms with Gasteiger partial charge in [-0.15, -0.1) is 0 Å². The van der Waals surface area contributed by atoms with Gasteiger partial charge in [-0.25, -0.2) is 22.7 Å². The standard InChI is InChI=1S/C32H33N7O5S/c1-38(2)45(41,42)27-12-8-7-11-25(27)29-24-10-6-5-9-22(24)19-36-39(29)28(40)14-13-21-15-20(17-26(43-3)30(21)44-4)16-23-18-35-32(34)37-31(23)33/h5-15,17-19,29H,16H2,1-4H3,(H4,33,34,35,37). The minimum absolute atomic E-state index is 0.0777. The third-order valence-electron chi connectivity index (χ3n) is 7.34. The Kier molecular flexibility index (Phi) is 8.84. The van der Waals surface area contributed by atoms with Gasteiger partial charge in [-0.2, -0.15) is 10.1 Å². The molecule has 0 spiro atoms. The zero-order valence-corrected chi connectivity index (χ0v) is 26.0. The van der Waals surface area contributed by atoms with Gasteiger partial charge in [0.1, 0.15) is 11.9 Å². The zero-order chi connectivity index (χ0) is 32.3. The molecule has 0 radical (unpaired) electrons. The van der Waals surface area contributed by atoms with Gasteiger partial charge >= 0.3 is 0 Å². The highest BCUT2D eigenvalue weighted by molar-refractivity contribution is 7.89. The van der Waals surface area contributed by atoms with Crippen molar-refractivity contribution in [2.75, 3.05) is 39.8 Å². The topological polar surface area (TPSA) is 166 Å². The summed E-state index contributed by atoms with van der Waals surface area (Å²) in [6, 6.07) is 16.9. The molecule has 232 valence electrons. The lowest BCUT2D eigenvalue weighted by Crippen LogP contribution is -2.34. The Morgan fingerprint density at radius 2 is 1.73 bits per heavy atom. The van der Waals surface area contributed by atoms with Crippen molar-refractivity contribution in [3.63, 3.8) is 0 Å². The van der Waals surface area contributed by atoms with E-state index in [1.54, 1.807) is 42.8 Å². The fraction of sp³-hybridized carbons (Fsp3) is 0.188. The Hall–Kier alpha value is -5.27. The monoisotopic (exact) mass is 627 g/mol. The van der Waals surface area contributed by atoms with E-state index in [4.69, 9.17) is 20.9 Å². The smallest absolute Gasteiger partial charge is 0.267 e. The normalized spacial score (nSPS) is 14.5. The first-order valence-corrected chi connectivity index (χ1v) is 15.3. The molecule has 1 atom stereocenters. The Bertz CT molecular complexity index is 1930. The zero-order valence-electron chi connectivity index (χ0n) is 25.2. The average molecular weight is 628 g/mol. The third-order valence-corrected chi connectivity index (χ3v) is 9.23. The van der Waals surface area contributed by atoms with Crippen molar-refractivity contribution >= 4 is 40.0 Å². The first kappa shape index (κ1) is 31.2. The number of sulfonamides is 1. The van der Waals surface area contributed by atoms with Crippen LogP contribution in [0, 0.1) is 0 Å². The summed E-state index contributed by atoms with van der Waals surface area (Å²) in [7, 11) is 2.11. The van der Waals surface area contributed by atoms with E-state index in [2.05, 4.69) is 15.1 Å². The van der Waals surface area contributed by atoms with Gasteiger partial charge in [-0.05, 0) is 35.4 Å². The molecule has 3 aromatic carbocycles. The molecule has 12 nitrogen and oxygen atoms in total. The summed E-state index contributed by atoms with van der Waals surface area (Å²) in [5.74, 6) is 0.718. The number of carbonyl (C=O) groups is 1. The van der Waals surface area contributed by atoms with Crippen LogP contribution < -0.4 is 20.9 Å². The van der Waals surface area contributed by atoms with Gasteiger partial charge in [0.25, 0.3) is 5.91 Å². The maximum Gasteiger partial charge on any atom is 0.267 e. The Morgan fingerprint density at radius 3 is 2.42 bits per heavy atom. The highest BCUT2D eigenvalue weighted by Crippen LogP contribution is 2.38. The summed E-state index contributed by atoms with van der Waals surface area (Å²) in [5.41, 5.74) is 15.7. The lowest BCUT2D eigenvalue weighted by molar-refractivity contribution is -0.127. The molecule has 0 bridgehead atoms. The van der Waals surface area contributed by atoms with Crippen molar-refractivity contribution in [3.05, 3.63) is 106 Å². The van der Waals surface area contributed by atoms with E-state index in [1.165, 1.54) is 45.5 Å². The fourth-order valence-corrected chi connectivity index (χ4v) is 6.25. The molecule has 1 amide bonds. The van der Waals surface area contributed by atoms with Gasteiger partial charge in [0, 0.05) is 55.0 Å². The number of ether oxygens (including phenoxy) is 2. The van der Waals surface area contributed by atoms with Crippen molar-refractivity contribution in [2.24, 2.45) is 5.10 Å². The molecule has 4 aromatic rings. The number of hydrogen-bond donors (Lipinski definition) is 2. The number of anilines is 2. The van der Waals surface area contributed by atoms with Crippen LogP contribution in [-0.2, 0) is 21.2 Å². The Balaban J connectivity index is 1.56. The predicted octanol–water partition coefficient (Wildman–Crippen LogP) is 3.48. The second kappa shape index (κ2) is 12.8. The van der Waals surface area contributed by atoms with Crippen LogP contribution in [0.3, 0.4) is 0 Å². The molecule has 5 rings (SSSR count). The number of nitrogens with zero attached hydrogens (tertiary/aromatic N) is 5. The number of hydrogen-bond acceptors (Lipinski definition) is 10. The fourth-order valence-electron chi connectivity index (χ4n) is 5.13. The SMILES string of the molecule is COc1cc(Cc2cnc(N)nc2N)cc(C=CC(=O)N2N=Cc3ccccc3C2c2ccccc2S(=O)(=O)N(C)C)c1OC. The van der Waals surface area contributed by atoms with E-state index in [0.717, 1.165) is 21.0 Å². The van der Waals surface area contributed by atoms with Crippen LogP contribution in [0.1, 0.15) is 39.4 Å². The van der Waals surface area contributed by atoms with Crippen LogP contribution in [0.15, 0.2) is 82.9 Å².